The van der Waals surface area contributed by atoms with Gasteiger partial charge in [-0.15, -0.1) is 11.6 Å². The third-order valence-electron chi connectivity index (χ3n) is 2.94. The normalized spacial score (nSPS) is 10.0. The molecule has 2 nitrogen and oxygen atoms in total. The molecule has 2 aromatic carbocycles. The minimum atomic E-state index is 0.462. The molecule has 0 N–H and O–H groups in total. The van der Waals surface area contributed by atoms with Crippen LogP contribution in [0.4, 0.5) is 11.4 Å². The minimum absolute atomic E-state index is 0.462. The Hall–Kier alpha value is -1.50. The number of hydrogen-bond donors (Lipinski definition) is 0. The Labute approximate surface area is 126 Å². The van der Waals surface area contributed by atoms with E-state index in [2.05, 4.69) is 26.9 Å². The second-order valence-electron chi connectivity index (χ2n) is 4.12. The fraction of sp³-hybridized carbons (Fsp3) is 0.133. The number of nitriles is 1. The monoisotopic (exact) mass is 334 g/mol. The van der Waals surface area contributed by atoms with Crippen molar-refractivity contribution in [2.24, 2.45) is 0 Å². The molecule has 2 aromatic rings. The molecule has 2 rings (SSSR count). The van der Waals surface area contributed by atoms with Crippen molar-refractivity contribution < 1.29 is 0 Å². The molecule has 0 amide bonds. The highest BCUT2D eigenvalue weighted by atomic mass is 79.9. The molecular formula is C15H12BrClN2. The van der Waals surface area contributed by atoms with E-state index in [1.54, 1.807) is 0 Å². The van der Waals surface area contributed by atoms with Crippen molar-refractivity contribution in [3.63, 3.8) is 0 Å². The number of halogens is 2. The van der Waals surface area contributed by atoms with Crippen molar-refractivity contribution in [2.45, 2.75) is 5.88 Å². The van der Waals surface area contributed by atoms with E-state index < -0.39 is 0 Å². The third-order valence-corrected chi connectivity index (χ3v) is 3.72. The Morgan fingerprint density at radius 1 is 1.21 bits per heavy atom. The van der Waals surface area contributed by atoms with Crippen LogP contribution < -0.4 is 4.90 Å². The van der Waals surface area contributed by atoms with Crippen molar-refractivity contribution in [1.82, 2.24) is 0 Å². The van der Waals surface area contributed by atoms with Gasteiger partial charge in [0.1, 0.15) is 0 Å². The first kappa shape index (κ1) is 13.9. The molecule has 0 aliphatic carbocycles. The Morgan fingerprint density at radius 3 is 2.47 bits per heavy atom. The average Bonchev–Trinajstić information content (AvgIpc) is 2.46. The van der Waals surface area contributed by atoms with E-state index in [-0.39, 0.29) is 0 Å². The first-order chi connectivity index (χ1) is 9.15. The van der Waals surface area contributed by atoms with Gasteiger partial charge in [-0.25, -0.2) is 0 Å². The van der Waals surface area contributed by atoms with Gasteiger partial charge in [0.15, 0.2) is 0 Å². The second kappa shape index (κ2) is 6.10. The summed E-state index contributed by atoms with van der Waals surface area (Å²) in [5.74, 6) is 0.462. The molecule has 4 heteroatoms. The molecule has 19 heavy (non-hydrogen) atoms. The molecular weight excluding hydrogens is 324 g/mol. The van der Waals surface area contributed by atoms with Gasteiger partial charge in [-0.3, -0.25) is 0 Å². The highest BCUT2D eigenvalue weighted by molar-refractivity contribution is 9.10. The highest BCUT2D eigenvalue weighted by Crippen LogP contribution is 2.30. The molecule has 96 valence electrons. The van der Waals surface area contributed by atoms with Crippen LogP contribution in [0.5, 0.6) is 0 Å². The summed E-state index contributed by atoms with van der Waals surface area (Å²) in [5, 5.41) is 8.82. The van der Waals surface area contributed by atoms with Gasteiger partial charge >= 0.3 is 0 Å². The maximum absolute atomic E-state index is 8.82. The summed E-state index contributed by atoms with van der Waals surface area (Å²) in [6.45, 7) is 0. The fourth-order valence-electron chi connectivity index (χ4n) is 1.86. The van der Waals surface area contributed by atoms with Crippen molar-refractivity contribution in [1.29, 1.82) is 5.26 Å². The maximum atomic E-state index is 8.82. The first-order valence-electron chi connectivity index (χ1n) is 5.74. The minimum Gasteiger partial charge on any atom is -0.344 e. The van der Waals surface area contributed by atoms with Gasteiger partial charge < -0.3 is 4.90 Å². The lowest BCUT2D eigenvalue weighted by Crippen LogP contribution is -2.11. The summed E-state index contributed by atoms with van der Waals surface area (Å²) in [6, 6.07) is 15.6. The van der Waals surface area contributed by atoms with E-state index in [0.29, 0.717) is 11.4 Å². The van der Waals surface area contributed by atoms with E-state index in [4.69, 9.17) is 16.9 Å². The fourth-order valence-corrected chi connectivity index (χ4v) is 2.44. The van der Waals surface area contributed by atoms with Gasteiger partial charge in [0, 0.05) is 28.8 Å². The van der Waals surface area contributed by atoms with E-state index in [0.717, 1.165) is 21.4 Å². The Morgan fingerprint density at radius 2 is 1.89 bits per heavy atom. The van der Waals surface area contributed by atoms with Crippen LogP contribution in [0.25, 0.3) is 0 Å². The van der Waals surface area contributed by atoms with Gasteiger partial charge in [-0.2, -0.15) is 5.26 Å². The van der Waals surface area contributed by atoms with E-state index in [9.17, 15) is 0 Å². The third kappa shape index (κ3) is 3.09. The lowest BCUT2D eigenvalue weighted by atomic mass is 10.1. The molecule has 0 saturated carbocycles. The molecule has 0 radical (unpaired) electrons. The number of anilines is 2. The van der Waals surface area contributed by atoms with Crippen LogP contribution in [0, 0.1) is 11.3 Å². The highest BCUT2D eigenvalue weighted by Gasteiger charge is 2.09. The molecule has 0 aromatic heterocycles. The molecule has 0 unspecified atom stereocenters. The van der Waals surface area contributed by atoms with Gasteiger partial charge in [0.2, 0.25) is 0 Å². The van der Waals surface area contributed by atoms with Crippen molar-refractivity contribution >= 4 is 38.9 Å². The van der Waals surface area contributed by atoms with Crippen LogP contribution in [-0.4, -0.2) is 7.05 Å². The molecule has 0 bridgehead atoms. The summed E-state index contributed by atoms with van der Waals surface area (Å²) in [6.07, 6.45) is 0. The van der Waals surface area contributed by atoms with E-state index >= 15 is 0 Å². The standard InChI is InChI=1S/C15H12BrClN2/c1-19(14-6-2-11(10-18)3-7-14)15-8-13(16)5-4-12(15)9-17/h2-8H,9H2,1H3. The molecule has 0 spiro atoms. The second-order valence-corrected chi connectivity index (χ2v) is 5.31. The summed E-state index contributed by atoms with van der Waals surface area (Å²) >= 11 is 9.45. The van der Waals surface area contributed by atoms with Crippen LogP contribution in [-0.2, 0) is 5.88 Å². The Balaban J connectivity index is 2.40. The van der Waals surface area contributed by atoms with Crippen LogP contribution in [0.15, 0.2) is 46.9 Å². The van der Waals surface area contributed by atoms with Crippen molar-refractivity contribution in [3.05, 3.63) is 58.1 Å². The topological polar surface area (TPSA) is 27.0 Å². The van der Waals surface area contributed by atoms with Crippen molar-refractivity contribution in [3.8, 4) is 6.07 Å². The Bertz CT molecular complexity index is 617. The zero-order valence-corrected chi connectivity index (χ0v) is 12.7. The van der Waals surface area contributed by atoms with Crippen LogP contribution >= 0.6 is 27.5 Å². The number of alkyl halides is 1. The lowest BCUT2D eigenvalue weighted by molar-refractivity contribution is 1.17. The van der Waals surface area contributed by atoms with Crippen LogP contribution in [0.1, 0.15) is 11.1 Å². The largest absolute Gasteiger partial charge is 0.344 e. The SMILES string of the molecule is CN(c1ccc(C#N)cc1)c1cc(Br)ccc1CCl. The molecule has 0 aliphatic rings. The smallest absolute Gasteiger partial charge is 0.0991 e. The molecule has 0 heterocycles. The van der Waals surface area contributed by atoms with Gasteiger partial charge in [-0.05, 0) is 42.0 Å². The quantitative estimate of drug-likeness (QED) is 0.751. The van der Waals surface area contributed by atoms with Gasteiger partial charge in [-0.1, -0.05) is 22.0 Å². The molecule has 0 aliphatic heterocycles. The van der Waals surface area contributed by atoms with Gasteiger partial charge in [0.05, 0.1) is 11.6 Å². The number of rotatable bonds is 3. The predicted octanol–water partition coefficient (Wildman–Crippen LogP) is 4.83. The average molecular weight is 336 g/mol. The zero-order chi connectivity index (χ0) is 13.8. The summed E-state index contributed by atoms with van der Waals surface area (Å²) in [7, 11) is 1.99. The first-order valence-corrected chi connectivity index (χ1v) is 7.06. The Kier molecular flexibility index (Phi) is 4.47. The summed E-state index contributed by atoms with van der Waals surface area (Å²) in [4.78, 5) is 2.06. The predicted molar refractivity (Wildman–Crippen MR) is 82.9 cm³/mol. The van der Waals surface area contributed by atoms with E-state index in [1.807, 2.05) is 49.5 Å². The molecule has 0 fully saturated rings. The summed E-state index contributed by atoms with van der Waals surface area (Å²) < 4.78 is 1.01. The van der Waals surface area contributed by atoms with Crippen LogP contribution in [0.3, 0.4) is 0 Å². The van der Waals surface area contributed by atoms with Crippen LogP contribution in [0.2, 0.25) is 0 Å². The lowest BCUT2D eigenvalue weighted by Gasteiger charge is -2.22. The number of benzene rings is 2. The molecule has 0 atom stereocenters. The number of hydrogen-bond acceptors (Lipinski definition) is 2. The summed E-state index contributed by atoms with van der Waals surface area (Å²) in [5.41, 5.74) is 3.79. The van der Waals surface area contributed by atoms with E-state index in [1.165, 1.54) is 0 Å². The van der Waals surface area contributed by atoms with Crippen molar-refractivity contribution in [2.75, 3.05) is 11.9 Å². The van der Waals surface area contributed by atoms with Gasteiger partial charge in [0.25, 0.3) is 0 Å². The number of nitrogens with zero attached hydrogens (tertiary/aromatic N) is 2. The maximum Gasteiger partial charge on any atom is 0.0991 e. The zero-order valence-electron chi connectivity index (χ0n) is 10.4. The molecule has 0 saturated heterocycles.